The SMILES string of the molecule is COc1cccc(C(O)CN(C)C(=O)c2cc(-c3ccc(F)cc3)n(C)n2)c1. The Hall–Kier alpha value is -3.19. The van der Waals surface area contributed by atoms with Gasteiger partial charge in [0, 0.05) is 14.1 Å². The number of aliphatic hydroxyl groups is 1. The maximum atomic E-state index is 13.1. The highest BCUT2D eigenvalue weighted by atomic mass is 19.1. The number of carbonyl (C=O) groups is 1. The lowest BCUT2D eigenvalue weighted by Gasteiger charge is -2.20. The number of methoxy groups -OCH3 is 1. The number of aromatic nitrogens is 2. The number of likely N-dealkylation sites (N-methyl/N-ethyl adjacent to an activating group) is 1. The van der Waals surface area contributed by atoms with Crippen molar-refractivity contribution in [1.82, 2.24) is 14.7 Å². The lowest BCUT2D eigenvalue weighted by atomic mass is 10.1. The summed E-state index contributed by atoms with van der Waals surface area (Å²) in [5, 5.41) is 14.7. The molecule has 3 rings (SSSR count). The number of benzene rings is 2. The Morgan fingerprint density at radius 1 is 1.25 bits per heavy atom. The number of ether oxygens (including phenoxy) is 1. The van der Waals surface area contributed by atoms with Gasteiger partial charge in [-0.2, -0.15) is 5.10 Å². The number of nitrogens with zero attached hydrogens (tertiary/aromatic N) is 3. The fourth-order valence-electron chi connectivity index (χ4n) is 2.95. The van der Waals surface area contributed by atoms with Crippen LogP contribution >= 0.6 is 0 Å². The summed E-state index contributed by atoms with van der Waals surface area (Å²) >= 11 is 0. The topological polar surface area (TPSA) is 67.6 Å². The molecule has 0 bridgehead atoms. The second kappa shape index (κ2) is 8.22. The highest BCUT2D eigenvalue weighted by molar-refractivity contribution is 5.93. The van der Waals surface area contributed by atoms with Crippen LogP contribution in [0.15, 0.2) is 54.6 Å². The average molecular weight is 383 g/mol. The smallest absolute Gasteiger partial charge is 0.274 e. The third kappa shape index (κ3) is 4.20. The van der Waals surface area contributed by atoms with E-state index in [1.165, 1.54) is 17.0 Å². The van der Waals surface area contributed by atoms with Crippen LogP contribution in [0, 0.1) is 5.82 Å². The summed E-state index contributed by atoms with van der Waals surface area (Å²) in [6.07, 6.45) is -0.857. The van der Waals surface area contributed by atoms with Crippen molar-refractivity contribution in [1.29, 1.82) is 0 Å². The van der Waals surface area contributed by atoms with E-state index in [1.54, 1.807) is 68.4 Å². The first-order chi connectivity index (χ1) is 13.4. The summed E-state index contributed by atoms with van der Waals surface area (Å²) < 4.78 is 19.9. The number of carbonyl (C=O) groups excluding carboxylic acids is 1. The number of amides is 1. The quantitative estimate of drug-likeness (QED) is 0.711. The highest BCUT2D eigenvalue weighted by Crippen LogP contribution is 2.22. The van der Waals surface area contributed by atoms with Gasteiger partial charge in [-0.3, -0.25) is 9.48 Å². The van der Waals surface area contributed by atoms with E-state index in [-0.39, 0.29) is 24.0 Å². The number of aliphatic hydroxyl groups excluding tert-OH is 1. The van der Waals surface area contributed by atoms with Crippen LogP contribution in [-0.2, 0) is 7.05 Å². The van der Waals surface area contributed by atoms with E-state index in [2.05, 4.69) is 5.10 Å². The van der Waals surface area contributed by atoms with Gasteiger partial charge in [0.25, 0.3) is 5.91 Å². The molecule has 0 saturated heterocycles. The molecule has 6 nitrogen and oxygen atoms in total. The van der Waals surface area contributed by atoms with Crippen molar-refractivity contribution in [3.8, 4) is 17.0 Å². The largest absolute Gasteiger partial charge is 0.497 e. The van der Waals surface area contributed by atoms with Crippen LogP contribution < -0.4 is 4.74 Å². The van der Waals surface area contributed by atoms with Gasteiger partial charge in [0.15, 0.2) is 5.69 Å². The summed E-state index contributed by atoms with van der Waals surface area (Å²) in [5.41, 5.74) is 2.37. The summed E-state index contributed by atoms with van der Waals surface area (Å²) in [7, 11) is 4.89. The second-order valence-electron chi connectivity index (χ2n) is 6.52. The molecule has 1 unspecified atom stereocenters. The molecule has 1 heterocycles. The molecule has 3 aromatic rings. The van der Waals surface area contributed by atoms with Gasteiger partial charge in [-0.05, 0) is 53.6 Å². The zero-order valence-corrected chi connectivity index (χ0v) is 16.0. The molecule has 28 heavy (non-hydrogen) atoms. The molecule has 0 fully saturated rings. The van der Waals surface area contributed by atoms with Crippen LogP contribution in [0.4, 0.5) is 4.39 Å². The number of rotatable bonds is 6. The Balaban J connectivity index is 1.74. The summed E-state index contributed by atoms with van der Waals surface area (Å²) in [6, 6.07) is 14.7. The van der Waals surface area contributed by atoms with E-state index in [1.807, 2.05) is 0 Å². The molecule has 7 heteroatoms. The predicted octanol–water partition coefficient (Wildman–Crippen LogP) is 3.04. The molecule has 146 valence electrons. The number of hydrogen-bond acceptors (Lipinski definition) is 4. The van der Waals surface area contributed by atoms with Crippen LogP contribution in [0.2, 0.25) is 0 Å². The van der Waals surface area contributed by atoms with Crippen molar-refractivity contribution in [3.63, 3.8) is 0 Å². The van der Waals surface area contributed by atoms with Gasteiger partial charge < -0.3 is 14.7 Å². The molecule has 1 amide bonds. The Morgan fingerprint density at radius 3 is 2.64 bits per heavy atom. The maximum Gasteiger partial charge on any atom is 0.274 e. The molecule has 0 aliphatic heterocycles. The van der Waals surface area contributed by atoms with Gasteiger partial charge >= 0.3 is 0 Å². The Labute approximate surface area is 162 Å². The van der Waals surface area contributed by atoms with Gasteiger partial charge in [-0.25, -0.2) is 4.39 Å². The average Bonchev–Trinajstić information content (AvgIpc) is 3.09. The maximum absolute atomic E-state index is 13.1. The molecule has 0 aliphatic carbocycles. The number of halogens is 1. The Morgan fingerprint density at radius 2 is 1.96 bits per heavy atom. The third-order valence-corrected chi connectivity index (χ3v) is 4.51. The zero-order valence-electron chi connectivity index (χ0n) is 16.0. The van der Waals surface area contributed by atoms with Crippen LogP contribution in [-0.4, -0.2) is 46.4 Å². The van der Waals surface area contributed by atoms with Gasteiger partial charge in [0.1, 0.15) is 11.6 Å². The highest BCUT2D eigenvalue weighted by Gasteiger charge is 2.21. The van der Waals surface area contributed by atoms with Gasteiger partial charge in [-0.1, -0.05) is 12.1 Å². The van der Waals surface area contributed by atoms with Crippen molar-refractivity contribution >= 4 is 5.91 Å². The first-order valence-corrected chi connectivity index (χ1v) is 8.76. The van der Waals surface area contributed by atoms with Crippen LogP contribution in [0.1, 0.15) is 22.2 Å². The number of hydrogen-bond donors (Lipinski definition) is 1. The van der Waals surface area contributed by atoms with Crippen molar-refractivity contribution in [3.05, 3.63) is 71.7 Å². The monoisotopic (exact) mass is 383 g/mol. The standard InChI is InChI=1S/C21H22FN3O3/c1-24(13-20(26)15-5-4-6-17(11-15)28-3)21(27)18-12-19(25(2)23-18)14-7-9-16(22)10-8-14/h4-12,20,26H,13H2,1-3H3. The van der Waals surface area contributed by atoms with Gasteiger partial charge in [0.2, 0.25) is 0 Å². The first-order valence-electron chi connectivity index (χ1n) is 8.76. The minimum atomic E-state index is -0.857. The van der Waals surface area contributed by atoms with E-state index in [4.69, 9.17) is 4.74 Å². The van der Waals surface area contributed by atoms with Gasteiger partial charge in [0.05, 0.1) is 25.5 Å². The van der Waals surface area contributed by atoms with Crippen LogP contribution in [0.5, 0.6) is 5.75 Å². The van der Waals surface area contributed by atoms with Crippen LogP contribution in [0.25, 0.3) is 11.3 Å². The molecule has 1 N–H and O–H groups in total. The summed E-state index contributed by atoms with van der Waals surface area (Å²) in [5.74, 6) is -0.00131. The first kappa shape index (κ1) is 19.6. The molecule has 1 atom stereocenters. The normalized spacial score (nSPS) is 11.9. The Kier molecular flexibility index (Phi) is 5.75. The number of aryl methyl sites for hydroxylation is 1. The minimum absolute atomic E-state index is 0.106. The molecule has 0 saturated carbocycles. The summed E-state index contributed by atoms with van der Waals surface area (Å²) in [6.45, 7) is 0.106. The molecule has 0 radical (unpaired) electrons. The van der Waals surface area contributed by atoms with Crippen LogP contribution in [0.3, 0.4) is 0 Å². The van der Waals surface area contributed by atoms with E-state index in [0.717, 1.165) is 5.56 Å². The predicted molar refractivity (Wildman–Crippen MR) is 104 cm³/mol. The fraction of sp³-hybridized carbons (Fsp3) is 0.238. The summed E-state index contributed by atoms with van der Waals surface area (Å²) in [4.78, 5) is 14.2. The molecule has 0 spiro atoms. The Bertz CT molecular complexity index is 969. The van der Waals surface area contributed by atoms with Crippen molar-refractivity contribution in [2.24, 2.45) is 7.05 Å². The molecular weight excluding hydrogens is 361 g/mol. The lowest BCUT2D eigenvalue weighted by Crippen LogP contribution is -2.31. The fourth-order valence-corrected chi connectivity index (χ4v) is 2.95. The van der Waals surface area contributed by atoms with E-state index in [0.29, 0.717) is 17.0 Å². The van der Waals surface area contributed by atoms with E-state index in [9.17, 15) is 14.3 Å². The molecule has 0 aliphatic rings. The second-order valence-corrected chi connectivity index (χ2v) is 6.52. The van der Waals surface area contributed by atoms with E-state index >= 15 is 0 Å². The molecule has 2 aromatic carbocycles. The third-order valence-electron chi connectivity index (χ3n) is 4.51. The molecular formula is C21H22FN3O3. The van der Waals surface area contributed by atoms with Crippen molar-refractivity contribution in [2.45, 2.75) is 6.10 Å². The van der Waals surface area contributed by atoms with Crippen molar-refractivity contribution < 1.29 is 19.0 Å². The lowest BCUT2D eigenvalue weighted by molar-refractivity contribution is 0.0674. The molecule has 1 aromatic heterocycles. The van der Waals surface area contributed by atoms with Gasteiger partial charge in [-0.15, -0.1) is 0 Å². The minimum Gasteiger partial charge on any atom is -0.497 e. The van der Waals surface area contributed by atoms with Crippen molar-refractivity contribution in [2.75, 3.05) is 20.7 Å². The zero-order chi connectivity index (χ0) is 20.3. The van der Waals surface area contributed by atoms with E-state index < -0.39 is 6.10 Å².